The zero-order valence-corrected chi connectivity index (χ0v) is 17.3. The Labute approximate surface area is 181 Å². The number of carbonyl (C=O) groups is 2. The van der Waals surface area contributed by atoms with Crippen molar-refractivity contribution in [3.05, 3.63) is 61.1 Å². The summed E-state index contributed by atoms with van der Waals surface area (Å²) in [6.45, 7) is 4.24. The molecule has 0 spiro atoms. The average Bonchev–Trinajstić information content (AvgIpc) is 3.42. The van der Waals surface area contributed by atoms with Gasteiger partial charge in [0, 0.05) is 11.9 Å². The molecule has 9 nitrogen and oxygen atoms in total. The summed E-state index contributed by atoms with van der Waals surface area (Å²) in [5.41, 5.74) is 2.35. The Hall–Kier alpha value is -3.66. The first-order valence-electron chi connectivity index (χ1n) is 9.45. The Bertz CT molecular complexity index is 1240. The molecule has 0 saturated heterocycles. The van der Waals surface area contributed by atoms with Crippen LogP contribution in [0.2, 0.25) is 0 Å². The second-order valence-electron chi connectivity index (χ2n) is 6.49. The fraction of sp³-hybridized carbons (Fsp3) is 0.190. The van der Waals surface area contributed by atoms with Gasteiger partial charge in [-0.2, -0.15) is 0 Å². The first-order valence-corrected chi connectivity index (χ1v) is 10.4. The van der Waals surface area contributed by atoms with Gasteiger partial charge in [-0.3, -0.25) is 9.59 Å². The number of aromatic nitrogens is 4. The smallest absolute Gasteiger partial charge is 0.316 e. The van der Waals surface area contributed by atoms with Crippen LogP contribution in [0.25, 0.3) is 22.1 Å². The van der Waals surface area contributed by atoms with E-state index in [4.69, 9.17) is 9.15 Å². The fourth-order valence-electron chi connectivity index (χ4n) is 3.03. The molecule has 0 unspecified atom stereocenters. The first kappa shape index (κ1) is 20.6. The van der Waals surface area contributed by atoms with Gasteiger partial charge in [-0.1, -0.05) is 36.0 Å². The van der Waals surface area contributed by atoms with Crippen molar-refractivity contribution in [2.75, 3.05) is 12.4 Å². The monoisotopic (exact) mass is 437 g/mol. The quantitative estimate of drug-likeness (QED) is 0.242. The molecule has 4 aromatic rings. The van der Waals surface area contributed by atoms with E-state index in [1.165, 1.54) is 6.26 Å². The van der Waals surface area contributed by atoms with Gasteiger partial charge in [0.15, 0.2) is 12.3 Å². The van der Waals surface area contributed by atoms with Gasteiger partial charge in [0.05, 0.1) is 24.1 Å². The second kappa shape index (κ2) is 9.43. The average molecular weight is 437 g/mol. The molecule has 10 heteroatoms. The number of benzene rings is 1. The lowest BCUT2D eigenvalue weighted by atomic mass is 10.2. The fourth-order valence-corrected chi connectivity index (χ4v) is 3.61. The number of carbonyl (C=O) groups excluding carboxylic acids is 2. The van der Waals surface area contributed by atoms with Crippen LogP contribution in [-0.2, 0) is 27.4 Å². The van der Waals surface area contributed by atoms with Crippen LogP contribution < -0.4 is 5.32 Å². The summed E-state index contributed by atoms with van der Waals surface area (Å²) in [6, 6.07) is 11.3. The summed E-state index contributed by atoms with van der Waals surface area (Å²) >= 11 is 1.10. The Morgan fingerprint density at radius 2 is 2.10 bits per heavy atom. The number of ether oxygens (including phenoxy) is 1. The van der Waals surface area contributed by atoms with Gasteiger partial charge in [-0.25, -0.2) is 4.98 Å². The van der Waals surface area contributed by atoms with E-state index in [1.807, 2.05) is 28.8 Å². The molecule has 3 aromatic heterocycles. The van der Waals surface area contributed by atoms with E-state index in [-0.39, 0.29) is 18.9 Å². The summed E-state index contributed by atoms with van der Waals surface area (Å²) in [6.07, 6.45) is 3.30. The number of para-hydroxylation sites is 1. The first-order chi connectivity index (χ1) is 15.2. The number of thioether (sulfide) groups is 1. The van der Waals surface area contributed by atoms with Crippen molar-refractivity contribution in [3.8, 4) is 0 Å². The Morgan fingerprint density at radius 3 is 2.90 bits per heavy atom. The molecule has 0 aliphatic heterocycles. The van der Waals surface area contributed by atoms with Crippen LogP contribution in [0.5, 0.6) is 0 Å². The van der Waals surface area contributed by atoms with E-state index < -0.39 is 11.9 Å². The molecule has 1 aromatic carbocycles. The highest BCUT2D eigenvalue weighted by Crippen LogP contribution is 2.27. The summed E-state index contributed by atoms with van der Waals surface area (Å²) in [5.74, 6) is -0.388. The summed E-state index contributed by atoms with van der Waals surface area (Å²) < 4.78 is 12.1. The Kier molecular flexibility index (Phi) is 6.27. The molecular formula is C21H19N5O4S. The summed E-state index contributed by atoms with van der Waals surface area (Å²) in [5, 5.41) is 12.3. The van der Waals surface area contributed by atoms with Crippen molar-refractivity contribution in [2.24, 2.45) is 0 Å². The minimum atomic E-state index is -0.548. The van der Waals surface area contributed by atoms with Gasteiger partial charge < -0.3 is 19.0 Å². The molecule has 0 aliphatic carbocycles. The molecule has 0 aliphatic rings. The van der Waals surface area contributed by atoms with E-state index >= 15 is 0 Å². The van der Waals surface area contributed by atoms with Crippen LogP contribution in [0, 0.1) is 0 Å². The molecule has 1 N–H and O–H groups in total. The third-order valence-corrected chi connectivity index (χ3v) is 5.20. The van der Waals surface area contributed by atoms with E-state index in [2.05, 4.69) is 27.1 Å². The van der Waals surface area contributed by atoms with Gasteiger partial charge in [-0.05, 0) is 18.2 Å². The topological polar surface area (TPSA) is 112 Å². The number of amides is 1. The number of fused-ring (bicyclic) bond motifs is 3. The third-order valence-electron chi connectivity index (χ3n) is 4.39. The minimum absolute atomic E-state index is 0.0413. The van der Waals surface area contributed by atoms with Crippen LogP contribution in [0.15, 0.2) is 64.9 Å². The van der Waals surface area contributed by atoms with Crippen LogP contribution in [0.1, 0.15) is 5.76 Å². The van der Waals surface area contributed by atoms with Crippen molar-refractivity contribution < 1.29 is 18.7 Å². The Morgan fingerprint density at radius 1 is 1.23 bits per heavy atom. The lowest BCUT2D eigenvalue weighted by molar-refractivity contribution is -0.146. The van der Waals surface area contributed by atoms with Crippen molar-refractivity contribution in [1.82, 2.24) is 25.1 Å². The van der Waals surface area contributed by atoms with E-state index in [1.54, 1.807) is 18.2 Å². The molecule has 3 heterocycles. The van der Waals surface area contributed by atoms with Gasteiger partial charge in [0.25, 0.3) is 5.91 Å². The highest BCUT2D eigenvalue weighted by atomic mass is 32.2. The maximum Gasteiger partial charge on any atom is 0.316 e. The molecular weight excluding hydrogens is 418 g/mol. The van der Waals surface area contributed by atoms with Gasteiger partial charge in [0.2, 0.25) is 5.16 Å². The molecule has 0 fully saturated rings. The van der Waals surface area contributed by atoms with Crippen LogP contribution in [-0.4, -0.2) is 44.0 Å². The largest absolute Gasteiger partial charge is 0.467 e. The number of allylic oxidation sites excluding steroid dienone is 1. The van der Waals surface area contributed by atoms with Gasteiger partial charge in [0.1, 0.15) is 11.3 Å². The number of nitrogens with one attached hydrogen (secondary N) is 1. The van der Waals surface area contributed by atoms with Gasteiger partial charge >= 0.3 is 5.97 Å². The van der Waals surface area contributed by atoms with Crippen molar-refractivity contribution in [3.63, 3.8) is 0 Å². The zero-order valence-electron chi connectivity index (χ0n) is 16.5. The highest BCUT2D eigenvalue weighted by Gasteiger charge is 2.15. The summed E-state index contributed by atoms with van der Waals surface area (Å²) in [4.78, 5) is 28.3. The van der Waals surface area contributed by atoms with Crippen molar-refractivity contribution >= 4 is 45.7 Å². The molecule has 4 rings (SSSR count). The van der Waals surface area contributed by atoms with Crippen LogP contribution in [0.4, 0.5) is 0 Å². The summed E-state index contributed by atoms with van der Waals surface area (Å²) in [7, 11) is 0. The molecule has 0 saturated carbocycles. The number of rotatable bonds is 9. The molecule has 31 heavy (non-hydrogen) atoms. The van der Waals surface area contributed by atoms with Crippen LogP contribution >= 0.6 is 11.8 Å². The van der Waals surface area contributed by atoms with Crippen LogP contribution in [0.3, 0.4) is 0 Å². The maximum atomic E-state index is 12.0. The number of hydrogen-bond donors (Lipinski definition) is 1. The van der Waals surface area contributed by atoms with Gasteiger partial charge in [-0.15, -0.1) is 16.8 Å². The van der Waals surface area contributed by atoms with Crippen molar-refractivity contribution in [2.45, 2.75) is 18.2 Å². The molecule has 0 radical (unpaired) electrons. The number of hydrogen-bond acceptors (Lipinski definition) is 8. The van der Waals surface area contributed by atoms with E-state index in [0.717, 1.165) is 22.7 Å². The maximum absolute atomic E-state index is 12.0. The lowest BCUT2D eigenvalue weighted by Gasteiger charge is -2.05. The molecule has 0 atom stereocenters. The number of nitrogens with zero attached hydrogens (tertiary/aromatic N) is 4. The normalized spacial score (nSPS) is 11.0. The predicted molar refractivity (Wildman–Crippen MR) is 115 cm³/mol. The SMILES string of the molecule is C=CCn1c2ccccc2c2nnc(SCC(=O)OCC(=O)NCc3ccco3)nc21. The number of esters is 1. The van der Waals surface area contributed by atoms with E-state index in [9.17, 15) is 9.59 Å². The third kappa shape index (κ3) is 4.75. The van der Waals surface area contributed by atoms with Crippen molar-refractivity contribution in [1.29, 1.82) is 0 Å². The lowest BCUT2D eigenvalue weighted by Crippen LogP contribution is -2.28. The highest BCUT2D eigenvalue weighted by molar-refractivity contribution is 7.99. The molecule has 158 valence electrons. The zero-order chi connectivity index (χ0) is 21.6. The Balaban J connectivity index is 1.35. The predicted octanol–water partition coefficient (Wildman–Crippen LogP) is 2.71. The standard InChI is InChI=1S/C21H19N5O4S/c1-2-9-26-16-8-4-3-7-15(16)19-20(26)23-21(25-24-19)31-13-18(28)30-12-17(27)22-11-14-6-5-10-29-14/h2-8,10H,1,9,11-13H2,(H,22,27). The van der Waals surface area contributed by atoms with E-state index in [0.29, 0.717) is 28.6 Å². The minimum Gasteiger partial charge on any atom is -0.467 e. The second-order valence-corrected chi connectivity index (χ2v) is 7.43. The molecule has 0 bridgehead atoms. The number of furan rings is 1. The molecule has 1 amide bonds.